The van der Waals surface area contributed by atoms with Gasteiger partial charge in [0.25, 0.3) is 0 Å². The Morgan fingerprint density at radius 2 is 2.05 bits per heavy atom. The fourth-order valence-corrected chi connectivity index (χ4v) is 5.27. The summed E-state index contributed by atoms with van der Waals surface area (Å²) in [4.78, 5) is -0.127. The molecule has 2 rings (SSSR count). The van der Waals surface area contributed by atoms with Crippen LogP contribution in [0.3, 0.4) is 0 Å². The number of sulfonamides is 1. The molecule has 6 nitrogen and oxygen atoms in total. The summed E-state index contributed by atoms with van der Waals surface area (Å²) in [5.74, 6) is 0.105. The van der Waals surface area contributed by atoms with Crippen LogP contribution in [-0.2, 0) is 19.9 Å². The predicted octanol–water partition coefficient (Wildman–Crippen LogP) is 0.414. The molecule has 8 heteroatoms. The molecule has 1 unspecified atom stereocenters. The van der Waals surface area contributed by atoms with E-state index in [4.69, 9.17) is 5.26 Å². The Hall–Kier alpha value is -1.43. The first-order valence-electron chi connectivity index (χ1n) is 6.07. The first-order valence-corrected chi connectivity index (χ1v) is 9.27. The molecule has 1 heterocycles. The summed E-state index contributed by atoms with van der Waals surface area (Å²) in [5.41, 5.74) is 0.0364. The van der Waals surface area contributed by atoms with Crippen molar-refractivity contribution < 1.29 is 16.8 Å². The molecule has 0 bridgehead atoms. The lowest BCUT2D eigenvalue weighted by atomic mass is 10.2. The molecule has 1 atom stereocenters. The third-order valence-corrected chi connectivity index (χ3v) is 7.02. The van der Waals surface area contributed by atoms with Crippen LogP contribution in [0.25, 0.3) is 0 Å². The lowest BCUT2D eigenvalue weighted by molar-refractivity contribution is 0.571. The van der Waals surface area contributed by atoms with Crippen molar-refractivity contribution in [1.82, 2.24) is 4.72 Å². The van der Waals surface area contributed by atoms with Gasteiger partial charge in [-0.05, 0) is 25.0 Å². The largest absolute Gasteiger partial charge is 0.241 e. The van der Waals surface area contributed by atoms with Crippen LogP contribution in [-0.4, -0.2) is 34.4 Å². The van der Waals surface area contributed by atoms with Gasteiger partial charge in [-0.25, -0.2) is 21.6 Å². The van der Waals surface area contributed by atoms with Crippen LogP contribution in [0, 0.1) is 11.3 Å². The summed E-state index contributed by atoms with van der Waals surface area (Å²) in [5, 5.41) is 8.23. The number of hydrogen-bond acceptors (Lipinski definition) is 5. The molecule has 0 saturated carbocycles. The van der Waals surface area contributed by atoms with Crippen molar-refractivity contribution in [2.45, 2.75) is 23.0 Å². The maximum Gasteiger partial charge on any atom is 0.241 e. The highest BCUT2D eigenvalue weighted by Gasteiger charge is 2.32. The monoisotopic (exact) mass is 314 g/mol. The van der Waals surface area contributed by atoms with E-state index in [2.05, 4.69) is 4.72 Å². The maximum atomic E-state index is 12.1. The standard InChI is InChI=1S/C12H14N2O4S2/c13-8-10-4-1-2-6-12(10)20(17,18)14-9-11-5-3-7-19(11,15)16/h1-2,4,6,11,14H,3,5,7,9H2. The smallest absolute Gasteiger partial charge is 0.229 e. The lowest BCUT2D eigenvalue weighted by Gasteiger charge is -2.12. The molecule has 0 aromatic heterocycles. The van der Waals surface area contributed by atoms with E-state index in [1.807, 2.05) is 6.07 Å². The summed E-state index contributed by atoms with van der Waals surface area (Å²) in [6.07, 6.45) is 1.02. The van der Waals surface area contributed by atoms with Gasteiger partial charge in [0.05, 0.1) is 21.5 Å². The molecule has 1 saturated heterocycles. The molecular weight excluding hydrogens is 300 g/mol. The molecule has 0 radical (unpaired) electrons. The summed E-state index contributed by atoms with van der Waals surface area (Å²) < 4.78 is 49.8. The topological polar surface area (TPSA) is 104 Å². The van der Waals surface area contributed by atoms with Crippen molar-refractivity contribution in [1.29, 1.82) is 5.26 Å². The third-order valence-electron chi connectivity index (χ3n) is 3.26. The number of nitriles is 1. The highest BCUT2D eigenvalue weighted by Crippen LogP contribution is 2.20. The lowest BCUT2D eigenvalue weighted by Crippen LogP contribution is -2.34. The summed E-state index contributed by atoms with van der Waals surface area (Å²) in [6.45, 7) is -0.148. The molecule has 0 amide bonds. The Morgan fingerprint density at radius 1 is 1.35 bits per heavy atom. The van der Waals surface area contributed by atoms with Gasteiger partial charge in [0.1, 0.15) is 6.07 Å². The van der Waals surface area contributed by atoms with Crippen molar-refractivity contribution in [2.24, 2.45) is 0 Å². The van der Waals surface area contributed by atoms with Crippen LogP contribution in [0.1, 0.15) is 18.4 Å². The zero-order valence-corrected chi connectivity index (χ0v) is 12.2. The van der Waals surface area contributed by atoms with Crippen LogP contribution < -0.4 is 4.72 Å². The van der Waals surface area contributed by atoms with Gasteiger partial charge in [-0.3, -0.25) is 0 Å². The van der Waals surface area contributed by atoms with Gasteiger partial charge in [0.15, 0.2) is 9.84 Å². The van der Waals surface area contributed by atoms with E-state index in [-0.39, 0.29) is 22.8 Å². The fourth-order valence-electron chi connectivity index (χ4n) is 2.16. The number of hydrogen-bond donors (Lipinski definition) is 1. The van der Waals surface area contributed by atoms with E-state index in [1.165, 1.54) is 18.2 Å². The van der Waals surface area contributed by atoms with E-state index in [0.29, 0.717) is 12.8 Å². The van der Waals surface area contributed by atoms with E-state index in [1.54, 1.807) is 6.07 Å². The van der Waals surface area contributed by atoms with Crippen molar-refractivity contribution >= 4 is 19.9 Å². The van der Waals surface area contributed by atoms with Crippen molar-refractivity contribution in [2.75, 3.05) is 12.3 Å². The van der Waals surface area contributed by atoms with Crippen LogP contribution in [0.15, 0.2) is 29.2 Å². The molecule has 0 spiro atoms. The van der Waals surface area contributed by atoms with Gasteiger partial charge in [-0.15, -0.1) is 0 Å². The van der Waals surface area contributed by atoms with Gasteiger partial charge in [-0.1, -0.05) is 12.1 Å². The maximum absolute atomic E-state index is 12.1. The minimum absolute atomic E-state index is 0.0364. The Bertz CT molecular complexity index is 748. The number of benzene rings is 1. The number of rotatable bonds is 4. The van der Waals surface area contributed by atoms with Gasteiger partial charge in [0.2, 0.25) is 10.0 Å². The Labute approximate surface area is 118 Å². The molecule has 0 aliphatic carbocycles. The Morgan fingerprint density at radius 3 is 2.65 bits per heavy atom. The first kappa shape index (κ1) is 15.0. The average molecular weight is 314 g/mol. The molecule has 1 N–H and O–H groups in total. The van der Waals surface area contributed by atoms with Gasteiger partial charge in [0, 0.05) is 6.54 Å². The summed E-state index contributed by atoms with van der Waals surface area (Å²) >= 11 is 0. The van der Waals surface area contributed by atoms with Crippen LogP contribution in [0.4, 0.5) is 0 Å². The quantitative estimate of drug-likeness (QED) is 0.867. The van der Waals surface area contributed by atoms with E-state index in [0.717, 1.165) is 0 Å². The normalized spacial score (nSPS) is 21.4. The number of nitrogens with zero attached hydrogens (tertiary/aromatic N) is 1. The zero-order chi connectivity index (χ0) is 14.8. The van der Waals surface area contributed by atoms with Crippen LogP contribution in [0.2, 0.25) is 0 Å². The van der Waals surface area contributed by atoms with Crippen molar-refractivity contribution in [3.8, 4) is 6.07 Å². The van der Waals surface area contributed by atoms with Gasteiger partial charge >= 0.3 is 0 Å². The van der Waals surface area contributed by atoms with Crippen LogP contribution >= 0.6 is 0 Å². The average Bonchev–Trinajstić information content (AvgIpc) is 2.75. The van der Waals surface area contributed by atoms with E-state index < -0.39 is 25.1 Å². The fraction of sp³-hybridized carbons (Fsp3) is 0.417. The highest BCUT2D eigenvalue weighted by atomic mass is 32.2. The van der Waals surface area contributed by atoms with E-state index >= 15 is 0 Å². The zero-order valence-electron chi connectivity index (χ0n) is 10.6. The number of nitrogens with one attached hydrogen (secondary N) is 1. The molecule has 1 aromatic rings. The summed E-state index contributed by atoms with van der Waals surface area (Å²) in [7, 11) is -7.08. The minimum atomic E-state index is -3.88. The second-order valence-corrected chi connectivity index (χ2v) is 8.73. The van der Waals surface area contributed by atoms with Gasteiger partial charge in [-0.2, -0.15) is 5.26 Å². The van der Waals surface area contributed by atoms with Gasteiger partial charge < -0.3 is 0 Å². The van der Waals surface area contributed by atoms with Crippen molar-refractivity contribution in [3.63, 3.8) is 0 Å². The minimum Gasteiger partial charge on any atom is -0.229 e. The molecule has 1 aliphatic heterocycles. The second-order valence-electron chi connectivity index (χ2n) is 4.59. The molecule has 1 aromatic carbocycles. The van der Waals surface area contributed by atoms with Crippen molar-refractivity contribution in [3.05, 3.63) is 29.8 Å². The Balaban J connectivity index is 2.19. The molecule has 1 aliphatic rings. The molecular formula is C12H14N2O4S2. The SMILES string of the molecule is N#Cc1ccccc1S(=O)(=O)NCC1CCCS1(=O)=O. The molecule has 20 heavy (non-hydrogen) atoms. The third kappa shape index (κ3) is 3.00. The Kier molecular flexibility index (Phi) is 4.13. The second kappa shape index (κ2) is 5.52. The molecule has 1 fully saturated rings. The first-order chi connectivity index (χ1) is 9.37. The molecule has 108 valence electrons. The van der Waals surface area contributed by atoms with E-state index in [9.17, 15) is 16.8 Å². The summed E-state index contributed by atoms with van der Waals surface area (Å²) in [6, 6.07) is 7.62. The number of sulfone groups is 1. The predicted molar refractivity (Wildman–Crippen MR) is 73.2 cm³/mol. The van der Waals surface area contributed by atoms with Crippen LogP contribution in [0.5, 0.6) is 0 Å². The highest BCUT2D eigenvalue weighted by molar-refractivity contribution is 7.92.